The van der Waals surface area contributed by atoms with Gasteiger partial charge in [-0.25, -0.2) is 34.4 Å². The molecule has 1 aliphatic carbocycles. The van der Waals surface area contributed by atoms with E-state index in [-0.39, 0.29) is 48.8 Å². The number of para-hydroxylation sites is 2. The highest BCUT2D eigenvalue weighted by Gasteiger charge is 2.35. The number of sulfonamides is 1. The van der Waals surface area contributed by atoms with Crippen LogP contribution in [-0.4, -0.2) is 91.9 Å². The Balaban J connectivity index is 1.46. The predicted octanol–water partition coefficient (Wildman–Crippen LogP) is 4.51. The molecule has 0 saturated carbocycles. The zero-order valence-electron chi connectivity index (χ0n) is 31.8. The summed E-state index contributed by atoms with van der Waals surface area (Å²) in [6.07, 6.45) is 0.573. The van der Waals surface area contributed by atoms with Crippen LogP contribution in [0.25, 0.3) is 33.4 Å². The quantitative estimate of drug-likeness (QED) is 0.120. The van der Waals surface area contributed by atoms with Crippen molar-refractivity contribution in [3.63, 3.8) is 0 Å². The zero-order chi connectivity index (χ0) is 42.9. The second-order valence-electron chi connectivity index (χ2n) is 14.3. The van der Waals surface area contributed by atoms with Crippen LogP contribution in [0.3, 0.4) is 0 Å². The molecule has 0 saturated heterocycles. The standard InChI is InChI=1S/C40H35N3O13S4/c1-41(40(44)55-19-20-57(2,45)46)58(47,48)36-14-8-5-11-27(36)39-28-21-37(59(49,50)51)32(42-17-15-25-9-3-6-12-30(25)42)23-34(28)56-35-24-33(38(22-29(35)39)60(52,53)54)43-18-16-26-10-4-7-13-31(26)43/h3-14,21-24H,15-20H2,1-2H3,(H-,49,50,51,52,53,54). The Hall–Kier alpha value is -5.64. The fourth-order valence-electron chi connectivity index (χ4n) is 7.73. The van der Waals surface area contributed by atoms with Crippen molar-refractivity contribution in [1.29, 1.82) is 0 Å². The number of ether oxygens (including phenoxy) is 1. The first-order valence-electron chi connectivity index (χ1n) is 18.2. The van der Waals surface area contributed by atoms with Gasteiger partial charge in [0.15, 0.2) is 21.3 Å². The van der Waals surface area contributed by atoms with Crippen LogP contribution in [0.4, 0.5) is 21.9 Å². The van der Waals surface area contributed by atoms with Crippen molar-refractivity contribution in [2.75, 3.05) is 43.7 Å². The minimum Gasteiger partial charge on any atom is -0.744 e. The maximum Gasteiger partial charge on any atom is 0.423 e. The first-order valence-corrected chi connectivity index (χ1v) is 24.6. The fourth-order valence-corrected chi connectivity index (χ4v) is 10.7. The van der Waals surface area contributed by atoms with Gasteiger partial charge in [0, 0.05) is 71.7 Å². The summed E-state index contributed by atoms with van der Waals surface area (Å²) in [6, 6.07) is 24.7. The van der Waals surface area contributed by atoms with Crippen LogP contribution >= 0.6 is 0 Å². The van der Waals surface area contributed by atoms with Gasteiger partial charge < -0.3 is 18.6 Å². The Morgan fingerprint density at radius 2 is 1.50 bits per heavy atom. The number of benzene rings is 5. The number of carbonyl (C=O) groups is 1. The Morgan fingerprint density at radius 1 is 0.817 bits per heavy atom. The molecule has 0 atom stereocenters. The topological polar surface area (TPSA) is 229 Å². The molecule has 0 unspecified atom stereocenters. The number of hydrogen-bond acceptors (Lipinski definition) is 13. The second-order valence-corrected chi connectivity index (χ2v) is 21.2. The first kappa shape index (κ1) is 41.1. The van der Waals surface area contributed by atoms with E-state index in [1.807, 2.05) is 24.3 Å². The third-order valence-corrected chi connectivity index (χ3v) is 15.0. The van der Waals surface area contributed by atoms with Crippen LogP contribution in [0.15, 0.2) is 116 Å². The number of anilines is 2. The number of fused-ring (bicyclic) bond motifs is 4. The van der Waals surface area contributed by atoms with Crippen LogP contribution in [0, 0.1) is 0 Å². The van der Waals surface area contributed by atoms with Crippen molar-refractivity contribution in [2.24, 2.45) is 0 Å². The molecular weight excluding hydrogens is 859 g/mol. The van der Waals surface area contributed by atoms with E-state index in [0.717, 1.165) is 42.6 Å². The maximum atomic E-state index is 14.3. The normalized spacial score (nSPS) is 15.3. The Labute approximate surface area is 345 Å². The van der Waals surface area contributed by atoms with E-state index >= 15 is 0 Å². The van der Waals surface area contributed by atoms with Gasteiger partial charge in [-0.1, -0.05) is 54.6 Å². The molecule has 0 radical (unpaired) electrons. The lowest BCUT2D eigenvalue weighted by Crippen LogP contribution is -2.35. The predicted molar refractivity (Wildman–Crippen MR) is 219 cm³/mol. The molecule has 60 heavy (non-hydrogen) atoms. The molecule has 312 valence electrons. The molecule has 1 N–H and O–H groups in total. The van der Waals surface area contributed by atoms with Crippen molar-refractivity contribution >= 4 is 74.2 Å². The molecule has 0 aromatic heterocycles. The average molecular weight is 894 g/mol. The third-order valence-electron chi connectivity index (χ3n) is 10.5. The largest absolute Gasteiger partial charge is 0.744 e. The summed E-state index contributed by atoms with van der Waals surface area (Å²) < 4.78 is 142. The lowest BCUT2D eigenvalue weighted by Gasteiger charge is -2.26. The molecule has 3 aliphatic heterocycles. The maximum absolute atomic E-state index is 14.3. The van der Waals surface area contributed by atoms with E-state index < -0.39 is 73.2 Å². The van der Waals surface area contributed by atoms with Gasteiger partial charge in [0.25, 0.3) is 10.0 Å². The molecule has 3 heterocycles. The number of carbonyl (C=O) groups excluding carboxylic acids is 1. The molecule has 20 heteroatoms. The van der Waals surface area contributed by atoms with Crippen LogP contribution < -0.4 is 14.8 Å². The lowest BCUT2D eigenvalue weighted by atomic mass is 9.93. The summed E-state index contributed by atoms with van der Waals surface area (Å²) in [5, 5.41) is -0.0938. The van der Waals surface area contributed by atoms with Gasteiger partial charge in [0.2, 0.25) is 11.0 Å². The minimum absolute atomic E-state index is 0.0165. The number of rotatable bonds is 9. The van der Waals surface area contributed by atoms with Crippen molar-refractivity contribution in [3.05, 3.63) is 114 Å². The molecule has 0 fully saturated rings. The molecule has 1 amide bonds. The first-order chi connectivity index (χ1) is 28.2. The molecule has 4 aromatic rings. The number of amides is 1. The van der Waals surface area contributed by atoms with E-state index in [4.69, 9.17) is 9.15 Å². The van der Waals surface area contributed by atoms with Crippen LogP contribution in [0.2, 0.25) is 0 Å². The molecular formula is C40H35N3O13S4. The van der Waals surface area contributed by atoms with Crippen LogP contribution in [0.5, 0.6) is 0 Å². The summed E-state index contributed by atoms with van der Waals surface area (Å²) in [6.45, 7) is -0.0182. The van der Waals surface area contributed by atoms with Crippen LogP contribution in [0.1, 0.15) is 11.1 Å². The molecule has 0 bridgehead atoms. The SMILES string of the molecule is CN(C(=O)OCCS(C)(=O)=O)S(=O)(=O)c1ccccc1-c1c2cc(S(=O)(=O)O)c(=[N+]3CCc4ccccc43)cc-2oc2cc(N3CCc4ccccc43)c(S(=O)(=O)[O-])cc12. The van der Waals surface area contributed by atoms with Gasteiger partial charge in [0.1, 0.15) is 28.1 Å². The molecule has 16 nitrogen and oxygen atoms in total. The van der Waals surface area contributed by atoms with Gasteiger partial charge in [-0.3, -0.25) is 4.55 Å². The summed E-state index contributed by atoms with van der Waals surface area (Å²) in [7, 11) is -17.9. The summed E-state index contributed by atoms with van der Waals surface area (Å²) in [5.74, 6) is -0.596. The zero-order valence-corrected chi connectivity index (χ0v) is 35.1. The molecule has 8 rings (SSSR count). The fraction of sp³-hybridized carbons (Fsp3) is 0.200. The average Bonchev–Trinajstić information content (AvgIpc) is 3.82. The molecule has 4 aliphatic rings. The van der Waals surface area contributed by atoms with Gasteiger partial charge >= 0.3 is 16.2 Å². The van der Waals surface area contributed by atoms with E-state index in [1.165, 1.54) is 30.3 Å². The van der Waals surface area contributed by atoms with Crippen molar-refractivity contribution in [3.8, 4) is 22.5 Å². The number of nitrogens with zero attached hydrogens (tertiary/aromatic N) is 3. The summed E-state index contributed by atoms with van der Waals surface area (Å²) >= 11 is 0. The smallest absolute Gasteiger partial charge is 0.423 e. The van der Waals surface area contributed by atoms with Crippen molar-refractivity contribution in [1.82, 2.24) is 8.88 Å². The van der Waals surface area contributed by atoms with Crippen molar-refractivity contribution < 1.29 is 56.7 Å². The summed E-state index contributed by atoms with van der Waals surface area (Å²) in [5.41, 5.74) is 2.67. The van der Waals surface area contributed by atoms with E-state index in [0.29, 0.717) is 37.3 Å². The Bertz CT molecular complexity index is 3290. The molecule has 4 aromatic carbocycles. The van der Waals surface area contributed by atoms with Gasteiger partial charge in [0.05, 0.1) is 27.3 Å². The number of sulfone groups is 1. The monoisotopic (exact) mass is 893 g/mol. The highest BCUT2D eigenvalue weighted by Crippen LogP contribution is 2.47. The highest BCUT2D eigenvalue weighted by atomic mass is 32.2. The lowest BCUT2D eigenvalue weighted by molar-refractivity contribution is 0.137. The minimum atomic E-state index is -5.28. The van der Waals surface area contributed by atoms with Crippen molar-refractivity contribution in [2.45, 2.75) is 27.5 Å². The Morgan fingerprint density at radius 3 is 2.22 bits per heavy atom. The van der Waals surface area contributed by atoms with E-state index in [2.05, 4.69) is 0 Å². The molecule has 0 spiro atoms. The summed E-state index contributed by atoms with van der Waals surface area (Å²) in [4.78, 5) is 12.9. The second kappa shape index (κ2) is 14.8. The van der Waals surface area contributed by atoms with E-state index in [9.17, 15) is 47.6 Å². The van der Waals surface area contributed by atoms with Gasteiger partial charge in [-0.05, 0) is 36.2 Å². The third kappa shape index (κ3) is 7.43. The highest BCUT2D eigenvalue weighted by molar-refractivity contribution is 7.90. The Kier molecular flexibility index (Phi) is 10.2. The van der Waals surface area contributed by atoms with Gasteiger partial charge in [-0.2, -0.15) is 13.0 Å². The van der Waals surface area contributed by atoms with Gasteiger partial charge in [-0.15, -0.1) is 0 Å². The number of hydrogen-bond donors (Lipinski definition) is 1. The van der Waals surface area contributed by atoms with Crippen LogP contribution in [-0.2, 0) is 57.7 Å². The van der Waals surface area contributed by atoms with E-state index in [1.54, 1.807) is 33.7 Å².